The first-order valence-electron chi connectivity index (χ1n) is 7.30. The fourth-order valence-corrected chi connectivity index (χ4v) is 2.97. The van der Waals surface area contributed by atoms with Crippen molar-refractivity contribution in [1.29, 1.82) is 0 Å². The van der Waals surface area contributed by atoms with Crippen LogP contribution in [0, 0.1) is 0 Å². The summed E-state index contributed by atoms with van der Waals surface area (Å²) >= 11 is 6.16. The summed E-state index contributed by atoms with van der Waals surface area (Å²) in [4.78, 5) is 12.0. The minimum Gasteiger partial charge on any atom is -0.486 e. The van der Waals surface area contributed by atoms with E-state index in [0.29, 0.717) is 48.7 Å². The molecule has 1 aromatic carbocycles. The number of halogens is 1. The Morgan fingerprint density at radius 1 is 1.38 bits per heavy atom. The summed E-state index contributed by atoms with van der Waals surface area (Å²) in [5.41, 5.74) is 0.834. The highest BCUT2D eigenvalue weighted by Gasteiger charge is 2.18. The van der Waals surface area contributed by atoms with Crippen LogP contribution >= 0.6 is 11.6 Å². The van der Waals surface area contributed by atoms with Gasteiger partial charge < -0.3 is 20.1 Å². The number of fused-ring (bicyclic) bond motifs is 1. The monoisotopic (exact) mass is 310 g/mol. The molecular formula is C15H19ClN2O3. The van der Waals surface area contributed by atoms with Crippen LogP contribution in [0.3, 0.4) is 0 Å². The Balaban J connectivity index is 1.59. The zero-order valence-corrected chi connectivity index (χ0v) is 12.5. The van der Waals surface area contributed by atoms with E-state index >= 15 is 0 Å². The maximum absolute atomic E-state index is 12.0. The molecule has 1 saturated heterocycles. The standard InChI is InChI=1S/C15H19ClN2O3/c16-12-6-10(7-13-15(12)21-5-4-20-13)8-14(19)18-9-11-2-1-3-17-11/h6-7,11,17H,1-5,8-9H2,(H,18,19). The van der Waals surface area contributed by atoms with Gasteiger partial charge in [0.25, 0.3) is 0 Å². The summed E-state index contributed by atoms with van der Waals surface area (Å²) in [5.74, 6) is 1.19. The SMILES string of the molecule is O=C(Cc1cc(Cl)c2c(c1)OCCO2)NCC1CCCN1. The van der Waals surface area contributed by atoms with Crippen molar-refractivity contribution in [2.75, 3.05) is 26.3 Å². The third kappa shape index (κ3) is 3.60. The van der Waals surface area contributed by atoms with Crippen molar-refractivity contribution in [3.8, 4) is 11.5 Å². The van der Waals surface area contributed by atoms with Crippen LogP contribution in [0.1, 0.15) is 18.4 Å². The first-order chi connectivity index (χ1) is 10.2. The van der Waals surface area contributed by atoms with Crippen LogP contribution in [-0.2, 0) is 11.2 Å². The predicted molar refractivity (Wildman–Crippen MR) is 80.2 cm³/mol. The van der Waals surface area contributed by atoms with Gasteiger partial charge in [-0.3, -0.25) is 4.79 Å². The lowest BCUT2D eigenvalue weighted by molar-refractivity contribution is -0.120. The number of benzene rings is 1. The van der Waals surface area contributed by atoms with E-state index in [4.69, 9.17) is 21.1 Å². The van der Waals surface area contributed by atoms with Gasteiger partial charge in [0, 0.05) is 12.6 Å². The van der Waals surface area contributed by atoms with Crippen molar-refractivity contribution >= 4 is 17.5 Å². The molecule has 2 heterocycles. The van der Waals surface area contributed by atoms with Gasteiger partial charge in [0.2, 0.25) is 5.91 Å². The first-order valence-corrected chi connectivity index (χ1v) is 7.68. The summed E-state index contributed by atoms with van der Waals surface area (Å²) in [5, 5.41) is 6.80. The fourth-order valence-electron chi connectivity index (χ4n) is 2.68. The van der Waals surface area contributed by atoms with Gasteiger partial charge in [-0.25, -0.2) is 0 Å². The van der Waals surface area contributed by atoms with Crippen molar-refractivity contribution in [2.45, 2.75) is 25.3 Å². The second kappa shape index (κ2) is 6.54. The van der Waals surface area contributed by atoms with Crippen LogP contribution in [0.25, 0.3) is 0 Å². The zero-order valence-electron chi connectivity index (χ0n) is 11.8. The number of ether oxygens (including phenoxy) is 2. The average Bonchev–Trinajstić information content (AvgIpc) is 2.98. The van der Waals surface area contributed by atoms with Crippen molar-refractivity contribution in [3.63, 3.8) is 0 Å². The molecule has 1 atom stereocenters. The lowest BCUT2D eigenvalue weighted by atomic mass is 10.1. The molecule has 21 heavy (non-hydrogen) atoms. The summed E-state index contributed by atoms with van der Waals surface area (Å²) in [6.07, 6.45) is 2.59. The van der Waals surface area contributed by atoms with Crippen LogP contribution < -0.4 is 20.1 Å². The Hall–Kier alpha value is -1.46. The average molecular weight is 311 g/mol. The maximum atomic E-state index is 12.0. The largest absolute Gasteiger partial charge is 0.486 e. The third-order valence-corrected chi connectivity index (χ3v) is 4.01. The first kappa shape index (κ1) is 14.5. The van der Waals surface area contributed by atoms with Crippen molar-refractivity contribution in [1.82, 2.24) is 10.6 Å². The molecule has 6 heteroatoms. The van der Waals surface area contributed by atoms with E-state index in [1.54, 1.807) is 6.07 Å². The van der Waals surface area contributed by atoms with Gasteiger partial charge >= 0.3 is 0 Å². The molecule has 0 aliphatic carbocycles. The number of carbonyl (C=O) groups excluding carboxylic acids is 1. The van der Waals surface area contributed by atoms with Gasteiger partial charge in [-0.2, -0.15) is 0 Å². The number of hydrogen-bond acceptors (Lipinski definition) is 4. The highest BCUT2D eigenvalue weighted by molar-refractivity contribution is 6.32. The Kier molecular flexibility index (Phi) is 4.51. The molecule has 0 bridgehead atoms. The van der Waals surface area contributed by atoms with Crippen LogP contribution in [0.4, 0.5) is 0 Å². The van der Waals surface area contributed by atoms with Crippen molar-refractivity contribution in [2.24, 2.45) is 0 Å². The Bertz CT molecular complexity index is 530. The van der Waals surface area contributed by atoms with Crippen LogP contribution in [-0.4, -0.2) is 38.3 Å². The third-order valence-electron chi connectivity index (χ3n) is 3.73. The molecule has 0 spiro atoms. The fraction of sp³-hybridized carbons (Fsp3) is 0.533. The smallest absolute Gasteiger partial charge is 0.224 e. The molecular weight excluding hydrogens is 292 g/mol. The molecule has 0 radical (unpaired) electrons. The highest BCUT2D eigenvalue weighted by atomic mass is 35.5. The molecule has 3 rings (SSSR count). The van der Waals surface area contributed by atoms with Crippen molar-refractivity contribution in [3.05, 3.63) is 22.7 Å². The predicted octanol–water partition coefficient (Wildman–Crippen LogP) is 1.52. The Morgan fingerprint density at radius 3 is 3.05 bits per heavy atom. The van der Waals surface area contributed by atoms with Gasteiger partial charge in [0.05, 0.1) is 11.4 Å². The van der Waals surface area contributed by atoms with Crippen molar-refractivity contribution < 1.29 is 14.3 Å². The number of hydrogen-bond donors (Lipinski definition) is 2. The van der Waals surface area contributed by atoms with E-state index in [0.717, 1.165) is 18.5 Å². The minimum absolute atomic E-state index is 0.00329. The van der Waals surface area contributed by atoms with Crippen LogP contribution in [0.5, 0.6) is 11.5 Å². The van der Waals surface area contributed by atoms with E-state index < -0.39 is 0 Å². The number of carbonyl (C=O) groups is 1. The molecule has 1 aromatic rings. The van der Waals surface area contributed by atoms with E-state index in [-0.39, 0.29) is 5.91 Å². The second-order valence-corrected chi connectivity index (χ2v) is 5.78. The molecule has 2 aliphatic heterocycles. The van der Waals surface area contributed by atoms with Gasteiger partial charge in [-0.1, -0.05) is 11.6 Å². The van der Waals surface area contributed by atoms with Gasteiger partial charge in [-0.05, 0) is 37.1 Å². The van der Waals surface area contributed by atoms with Gasteiger partial charge in [-0.15, -0.1) is 0 Å². The molecule has 5 nitrogen and oxygen atoms in total. The number of rotatable bonds is 4. The minimum atomic E-state index is -0.00329. The zero-order chi connectivity index (χ0) is 14.7. The highest BCUT2D eigenvalue weighted by Crippen LogP contribution is 2.38. The van der Waals surface area contributed by atoms with Crippen LogP contribution in [0.15, 0.2) is 12.1 Å². The number of nitrogens with one attached hydrogen (secondary N) is 2. The molecule has 0 aromatic heterocycles. The molecule has 114 valence electrons. The summed E-state index contributed by atoms with van der Waals surface area (Å²) in [7, 11) is 0. The Labute approximate surface area is 128 Å². The van der Waals surface area contributed by atoms with Gasteiger partial charge in [0.1, 0.15) is 13.2 Å². The van der Waals surface area contributed by atoms with E-state index in [1.807, 2.05) is 6.07 Å². The molecule has 2 N–H and O–H groups in total. The quantitative estimate of drug-likeness (QED) is 0.885. The maximum Gasteiger partial charge on any atom is 0.224 e. The molecule has 1 unspecified atom stereocenters. The van der Waals surface area contributed by atoms with E-state index in [2.05, 4.69) is 10.6 Å². The molecule has 1 fully saturated rings. The summed E-state index contributed by atoms with van der Waals surface area (Å²) in [6.45, 7) is 2.72. The normalized spacial score (nSPS) is 20.3. The van der Waals surface area contributed by atoms with Crippen LogP contribution in [0.2, 0.25) is 5.02 Å². The van der Waals surface area contributed by atoms with Gasteiger partial charge in [0.15, 0.2) is 11.5 Å². The lowest BCUT2D eigenvalue weighted by Gasteiger charge is -2.20. The molecule has 2 aliphatic rings. The summed E-state index contributed by atoms with van der Waals surface area (Å²) in [6, 6.07) is 3.99. The second-order valence-electron chi connectivity index (χ2n) is 5.38. The summed E-state index contributed by atoms with van der Waals surface area (Å²) < 4.78 is 11.0. The Morgan fingerprint density at radius 2 is 2.24 bits per heavy atom. The number of amides is 1. The molecule has 0 saturated carbocycles. The van der Waals surface area contributed by atoms with E-state index in [1.165, 1.54) is 6.42 Å². The van der Waals surface area contributed by atoms with E-state index in [9.17, 15) is 4.79 Å². The molecule has 1 amide bonds. The lowest BCUT2D eigenvalue weighted by Crippen LogP contribution is -2.37. The topological polar surface area (TPSA) is 59.6 Å².